The second kappa shape index (κ2) is 68.3. The normalized spacial score (nSPS) is 12.8. The van der Waals surface area contributed by atoms with Crippen LogP contribution < -0.4 is 5.32 Å². The smallest absolute Gasteiger partial charge is 0.305 e. The number of hydrogen-bond donors (Lipinski definition) is 3. The van der Waals surface area contributed by atoms with Crippen molar-refractivity contribution < 1.29 is 24.5 Å². The van der Waals surface area contributed by atoms with E-state index in [4.69, 9.17) is 4.74 Å². The maximum atomic E-state index is 12.5. The Morgan fingerprint density at radius 3 is 0.987 bits per heavy atom. The average Bonchev–Trinajstić information content (AvgIpc) is 3.45. The van der Waals surface area contributed by atoms with E-state index < -0.39 is 12.1 Å². The van der Waals surface area contributed by atoms with Crippen molar-refractivity contribution in [2.24, 2.45) is 0 Å². The maximum Gasteiger partial charge on any atom is 0.305 e. The van der Waals surface area contributed by atoms with Crippen LogP contribution in [0.25, 0.3) is 0 Å². The van der Waals surface area contributed by atoms with E-state index in [1.807, 2.05) is 6.08 Å². The summed E-state index contributed by atoms with van der Waals surface area (Å²) in [6.07, 6.45) is 89.0. The Morgan fingerprint density at radius 1 is 0.354 bits per heavy atom. The lowest BCUT2D eigenvalue weighted by Crippen LogP contribution is -2.45. The van der Waals surface area contributed by atoms with Crippen LogP contribution in [0.2, 0.25) is 0 Å². The molecule has 0 saturated heterocycles. The average molecular weight is 1110 g/mol. The first-order chi connectivity index (χ1) is 39.0. The van der Waals surface area contributed by atoms with Gasteiger partial charge in [0.1, 0.15) is 0 Å². The van der Waals surface area contributed by atoms with Gasteiger partial charge in [0, 0.05) is 12.8 Å². The Kier molecular flexibility index (Phi) is 66.4. The largest absolute Gasteiger partial charge is 0.466 e. The highest BCUT2D eigenvalue weighted by atomic mass is 16.5. The number of aliphatic hydroxyl groups is 2. The van der Waals surface area contributed by atoms with Crippen molar-refractivity contribution in [1.29, 1.82) is 0 Å². The molecule has 0 saturated carbocycles. The fourth-order valence-electron chi connectivity index (χ4n) is 10.9. The number of allylic oxidation sites excluding steroid dienone is 7. The van der Waals surface area contributed by atoms with Crippen molar-refractivity contribution in [3.8, 4) is 0 Å². The third-order valence-electron chi connectivity index (χ3n) is 16.3. The molecule has 79 heavy (non-hydrogen) atoms. The molecule has 0 aliphatic heterocycles. The highest BCUT2D eigenvalue weighted by molar-refractivity contribution is 5.76. The lowest BCUT2D eigenvalue weighted by molar-refractivity contribution is -0.143. The van der Waals surface area contributed by atoms with Crippen LogP contribution in [0, 0.1) is 0 Å². The number of esters is 1. The van der Waals surface area contributed by atoms with Gasteiger partial charge in [0.2, 0.25) is 5.91 Å². The van der Waals surface area contributed by atoms with Crippen LogP contribution in [0.1, 0.15) is 380 Å². The van der Waals surface area contributed by atoms with Crippen LogP contribution in [0.5, 0.6) is 0 Å². The van der Waals surface area contributed by atoms with Crippen molar-refractivity contribution >= 4 is 11.9 Å². The summed E-state index contributed by atoms with van der Waals surface area (Å²) in [6, 6.07) is -0.628. The van der Waals surface area contributed by atoms with E-state index in [0.29, 0.717) is 19.4 Å². The summed E-state index contributed by atoms with van der Waals surface area (Å²) in [5.41, 5.74) is 0. The highest BCUT2D eigenvalue weighted by Crippen LogP contribution is 2.18. The summed E-state index contributed by atoms with van der Waals surface area (Å²) >= 11 is 0. The van der Waals surface area contributed by atoms with Gasteiger partial charge in [-0.25, -0.2) is 0 Å². The fourth-order valence-corrected chi connectivity index (χ4v) is 10.9. The molecule has 0 bridgehead atoms. The molecular weight excluding hydrogens is 971 g/mol. The van der Waals surface area contributed by atoms with Crippen molar-refractivity contribution in [3.63, 3.8) is 0 Å². The zero-order valence-electron chi connectivity index (χ0n) is 53.1. The molecule has 0 spiro atoms. The van der Waals surface area contributed by atoms with Gasteiger partial charge in [0.05, 0.1) is 25.4 Å². The number of carbonyl (C=O) groups is 2. The Morgan fingerprint density at radius 2 is 0.633 bits per heavy atom. The van der Waals surface area contributed by atoms with Crippen molar-refractivity contribution in [1.82, 2.24) is 5.32 Å². The lowest BCUT2D eigenvalue weighted by atomic mass is 10.0. The van der Waals surface area contributed by atoms with Crippen molar-refractivity contribution in [3.05, 3.63) is 48.6 Å². The molecule has 0 aliphatic rings. The standard InChI is InChI=1S/C73H137NO5/c1-3-5-7-9-11-13-15-17-19-34-37-41-45-49-53-57-61-65-71(76)70(69-75)74-72(77)66-62-58-54-50-46-42-38-35-32-30-28-26-24-22-21-23-25-27-29-31-33-36-40-44-48-52-56-60-64-68-79-73(78)67-63-59-55-51-47-43-39-20-18-16-14-12-10-8-6-4-2/h14,16,20-21,23,39,61,65,70-71,75-76H,3-13,15,17-19,22,24-38,40-60,62-64,66-69H2,1-2H3,(H,74,77)/b16-14-,23-21-,39-20-,65-61+. The van der Waals surface area contributed by atoms with E-state index >= 15 is 0 Å². The first-order valence-corrected chi connectivity index (χ1v) is 35.4. The summed E-state index contributed by atoms with van der Waals surface area (Å²) in [4.78, 5) is 24.6. The topological polar surface area (TPSA) is 95.9 Å². The molecule has 2 atom stereocenters. The molecule has 0 aromatic rings. The summed E-state index contributed by atoms with van der Waals surface area (Å²) < 4.78 is 5.49. The van der Waals surface area contributed by atoms with E-state index in [1.54, 1.807) is 6.08 Å². The number of amides is 1. The van der Waals surface area contributed by atoms with Gasteiger partial charge in [0.25, 0.3) is 0 Å². The van der Waals surface area contributed by atoms with Gasteiger partial charge < -0.3 is 20.3 Å². The molecule has 1 amide bonds. The molecular formula is C73H137NO5. The van der Waals surface area contributed by atoms with E-state index in [-0.39, 0.29) is 18.5 Å². The molecule has 0 rings (SSSR count). The predicted molar refractivity (Wildman–Crippen MR) is 347 cm³/mol. The van der Waals surface area contributed by atoms with Gasteiger partial charge in [-0.15, -0.1) is 0 Å². The Balaban J connectivity index is 3.40. The van der Waals surface area contributed by atoms with E-state index in [0.717, 1.165) is 51.4 Å². The summed E-state index contributed by atoms with van der Waals surface area (Å²) in [6.45, 7) is 4.91. The zero-order valence-corrected chi connectivity index (χ0v) is 53.1. The molecule has 464 valence electrons. The van der Waals surface area contributed by atoms with Gasteiger partial charge in [-0.2, -0.15) is 0 Å². The second-order valence-corrected chi connectivity index (χ2v) is 24.2. The van der Waals surface area contributed by atoms with E-state index in [2.05, 4.69) is 55.6 Å². The second-order valence-electron chi connectivity index (χ2n) is 24.2. The van der Waals surface area contributed by atoms with Crippen molar-refractivity contribution in [2.45, 2.75) is 392 Å². The lowest BCUT2D eigenvalue weighted by Gasteiger charge is -2.20. The SMILES string of the molecule is CCCCCC/C=C\C/C=C\CCCCCCCC(=O)OCCCCCCCCCCCCCC/C=C\CCCCCCCCCCCCCCCC(=O)NC(CO)C(O)/C=C/CCCCCCCCCCCCCCCCC. The minimum absolute atomic E-state index is 0.00278. The van der Waals surface area contributed by atoms with Gasteiger partial charge in [-0.05, 0) is 89.9 Å². The Hall–Kier alpha value is -2.18. The predicted octanol–water partition coefficient (Wildman–Crippen LogP) is 22.9. The minimum atomic E-state index is -0.845. The molecule has 0 aliphatic carbocycles. The number of hydrogen-bond acceptors (Lipinski definition) is 5. The van der Waals surface area contributed by atoms with Gasteiger partial charge in [0.15, 0.2) is 0 Å². The molecule has 0 fully saturated rings. The molecule has 0 aromatic carbocycles. The number of ether oxygens (including phenoxy) is 1. The first-order valence-electron chi connectivity index (χ1n) is 35.4. The first kappa shape index (κ1) is 76.8. The summed E-state index contributed by atoms with van der Waals surface area (Å²) in [5.74, 6) is -0.0622. The number of unbranched alkanes of at least 4 members (excludes halogenated alkanes) is 49. The molecule has 6 nitrogen and oxygen atoms in total. The Labute approximate surface area is 493 Å². The maximum absolute atomic E-state index is 12.5. The third-order valence-corrected chi connectivity index (χ3v) is 16.3. The van der Waals surface area contributed by atoms with Crippen LogP contribution in [-0.4, -0.2) is 47.4 Å². The summed E-state index contributed by atoms with van der Waals surface area (Å²) in [5, 5.41) is 23.2. The zero-order chi connectivity index (χ0) is 57.1. The summed E-state index contributed by atoms with van der Waals surface area (Å²) in [7, 11) is 0. The van der Waals surface area contributed by atoms with Crippen LogP contribution >= 0.6 is 0 Å². The van der Waals surface area contributed by atoms with Gasteiger partial charge in [-0.3, -0.25) is 9.59 Å². The Bertz CT molecular complexity index is 1320. The highest BCUT2D eigenvalue weighted by Gasteiger charge is 2.18. The van der Waals surface area contributed by atoms with E-state index in [9.17, 15) is 19.8 Å². The van der Waals surface area contributed by atoms with Crippen molar-refractivity contribution in [2.75, 3.05) is 13.2 Å². The third kappa shape index (κ3) is 64.8. The fraction of sp³-hybridized carbons (Fsp3) is 0.863. The van der Waals surface area contributed by atoms with Crippen LogP contribution in [0.3, 0.4) is 0 Å². The quantitative estimate of drug-likeness (QED) is 0.0320. The number of carbonyl (C=O) groups excluding carboxylic acids is 2. The minimum Gasteiger partial charge on any atom is -0.466 e. The molecule has 3 N–H and O–H groups in total. The van der Waals surface area contributed by atoms with E-state index in [1.165, 1.54) is 302 Å². The molecule has 2 unspecified atom stereocenters. The number of nitrogens with one attached hydrogen (secondary N) is 1. The van der Waals surface area contributed by atoms with Crippen LogP contribution in [0.4, 0.5) is 0 Å². The number of rotatable bonds is 66. The van der Waals surface area contributed by atoms with Gasteiger partial charge >= 0.3 is 5.97 Å². The molecule has 6 heteroatoms. The van der Waals surface area contributed by atoms with Gasteiger partial charge in [-0.1, -0.05) is 326 Å². The molecule has 0 radical (unpaired) electrons. The monoisotopic (exact) mass is 1110 g/mol. The molecule has 0 aromatic heterocycles. The van der Waals surface area contributed by atoms with Crippen LogP contribution in [-0.2, 0) is 14.3 Å². The number of aliphatic hydroxyl groups excluding tert-OH is 2. The van der Waals surface area contributed by atoms with Crippen LogP contribution in [0.15, 0.2) is 48.6 Å². The molecule has 0 heterocycles.